The Balaban J connectivity index is 2.02. The van der Waals surface area contributed by atoms with E-state index in [4.69, 9.17) is 4.42 Å². The number of furan rings is 1. The largest absolute Gasteiger partial charge is 0.468 e. The molecule has 0 bridgehead atoms. The van der Waals surface area contributed by atoms with Crippen LogP contribution in [-0.4, -0.2) is 35.3 Å². The van der Waals surface area contributed by atoms with Crippen LogP contribution in [0.25, 0.3) is 0 Å². The number of carbonyl (C=O) groups is 2. The molecule has 0 saturated carbocycles. The van der Waals surface area contributed by atoms with E-state index in [9.17, 15) is 9.59 Å². The Bertz CT molecular complexity index is 486. The van der Waals surface area contributed by atoms with Crippen LogP contribution in [0.2, 0.25) is 0 Å². The molecule has 1 aromatic heterocycles. The Morgan fingerprint density at radius 2 is 2.29 bits per heavy atom. The van der Waals surface area contributed by atoms with Gasteiger partial charge in [0.15, 0.2) is 0 Å². The van der Waals surface area contributed by atoms with Crippen LogP contribution >= 0.6 is 0 Å². The summed E-state index contributed by atoms with van der Waals surface area (Å²) in [7, 11) is 0. The highest BCUT2D eigenvalue weighted by molar-refractivity contribution is 6.09. The molecule has 2 aliphatic rings. The van der Waals surface area contributed by atoms with Crippen LogP contribution in [-0.2, 0) is 11.2 Å². The van der Waals surface area contributed by atoms with Crippen molar-refractivity contribution in [3.8, 4) is 0 Å². The standard InChI is InChI=1S/C12H14N2O3/c1-12(3-4-13-7-12)14-10(15)6-9-8(11(14)16)2-5-17-9/h2,5,13H,3-4,6-7H2,1H3. The van der Waals surface area contributed by atoms with Crippen molar-refractivity contribution < 1.29 is 14.0 Å². The highest BCUT2D eigenvalue weighted by Gasteiger charge is 2.45. The molecule has 1 atom stereocenters. The highest BCUT2D eigenvalue weighted by Crippen LogP contribution is 2.30. The van der Waals surface area contributed by atoms with Gasteiger partial charge in [0.25, 0.3) is 5.91 Å². The third-order valence-corrected chi connectivity index (χ3v) is 3.63. The Labute approximate surface area is 98.8 Å². The molecule has 1 N–H and O–H groups in total. The van der Waals surface area contributed by atoms with Crippen LogP contribution in [0.15, 0.2) is 16.7 Å². The second-order valence-corrected chi connectivity index (χ2v) is 4.89. The minimum atomic E-state index is -0.400. The lowest BCUT2D eigenvalue weighted by atomic mass is 9.94. The minimum Gasteiger partial charge on any atom is -0.468 e. The molecular formula is C12H14N2O3. The van der Waals surface area contributed by atoms with Gasteiger partial charge in [-0.25, -0.2) is 0 Å². The maximum absolute atomic E-state index is 12.3. The SMILES string of the molecule is CC1(N2C(=O)Cc3occc3C2=O)CCNC1. The van der Waals surface area contributed by atoms with Gasteiger partial charge in [-0.2, -0.15) is 0 Å². The molecule has 0 aromatic carbocycles. The second kappa shape index (κ2) is 3.43. The minimum absolute atomic E-state index is 0.163. The molecule has 1 unspecified atom stereocenters. The van der Waals surface area contributed by atoms with Gasteiger partial charge in [0.2, 0.25) is 5.91 Å². The van der Waals surface area contributed by atoms with Gasteiger partial charge in [-0.1, -0.05) is 0 Å². The van der Waals surface area contributed by atoms with E-state index in [1.165, 1.54) is 11.2 Å². The number of nitrogens with one attached hydrogen (secondary N) is 1. The summed E-state index contributed by atoms with van der Waals surface area (Å²) in [5.41, 5.74) is 0.126. The van der Waals surface area contributed by atoms with E-state index in [0.717, 1.165) is 13.0 Å². The zero-order chi connectivity index (χ0) is 12.0. The second-order valence-electron chi connectivity index (χ2n) is 4.89. The van der Waals surface area contributed by atoms with Crippen molar-refractivity contribution in [3.05, 3.63) is 23.7 Å². The molecule has 1 aromatic rings. The van der Waals surface area contributed by atoms with E-state index in [1.807, 2.05) is 6.92 Å². The first-order valence-corrected chi connectivity index (χ1v) is 5.76. The molecule has 5 heteroatoms. The Kier molecular flexibility index (Phi) is 2.13. The lowest BCUT2D eigenvalue weighted by molar-refractivity contribution is -0.132. The Morgan fingerprint density at radius 3 is 3.00 bits per heavy atom. The van der Waals surface area contributed by atoms with Gasteiger partial charge >= 0.3 is 0 Å². The molecule has 17 heavy (non-hydrogen) atoms. The van der Waals surface area contributed by atoms with Crippen molar-refractivity contribution in [1.29, 1.82) is 0 Å². The van der Waals surface area contributed by atoms with Gasteiger partial charge in [0, 0.05) is 6.54 Å². The fourth-order valence-corrected chi connectivity index (χ4v) is 2.66. The maximum Gasteiger partial charge on any atom is 0.264 e. The number of fused-ring (bicyclic) bond motifs is 1. The van der Waals surface area contributed by atoms with E-state index < -0.39 is 5.54 Å². The number of hydrogen-bond donors (Lipinski definition) is 1. The third kappa shape index (κ3) is 1.42. The molecule has 3 heterocycles. The van der Waals surface area contributed by atoms with Crippen molar-refractivity contribution in [2.45, 2.75) is 25.3 Å². The van der Waals surface area contributed by atoms with Crippen LogP contribution in [0.1, 0.15) is 29.5 Å². The van der Waals surface area contributed by atoms with Crippen LogP contribution in [0, 0.1) is 0 Å². The van der Waals surface area contributed by atoms with Crippen molar-refractivity contribution in [1.82, 2.24) is 10.2 Å². The first kappa shape index (κ1) is 10.5. The summed E-state index contributed by atoms with van der Waals surface area (Å²) in [6.07, 6.45) is 2.45. The molecule has 1 saturated heterocycles. The van der Waals surface area contributed by atoms with Crippen molar-refractivity contribution in [2.75, 3.05) is 13.1 Å². The van der Waals surface area contributed by atoms with E-state index in [-0.39, 0.29) is 18.2 Å². The zero-order valence-electron chi connectivity index (χ0n) is 9.66. The van der Waals surface area contributed by atoms with Crippen molar-refractivity contribution in [3.63, 3.8) is 0 Å². The lowest BCUT2D eigenvalue weighted by Gasteiger charge is -2.37. The average molecular weight is 234 g/mol. The molecular weight excluding hydrogens is 220 g/mol. The molecule has 2 aliphatic heterocycles. The number of imide groups is 1. The number of rotatable bonds is 1. The monoisotopic (exact) mass is 234 g/mol. The van der Waals surface area contributed by atoms with Crippen LogP contribution in [0.4, 0.5) is 0 Å². The highest BCUT2D eigenvalue weighted by atomic mass is 16.3. The molecule has 0 aliphatic carbocycles. The van der Waals surface area contributed by atoms with Gasteiger partial charge in [0.05, 0.1) is 23.8 Å². The van der Waals surface area contributed by atoms with Crippen molar-refractivity contribution >= 4 is 11.8 Å². The van der Waals surface area contributed by atoms with Crippen LogP contribution in [0.5, 0.6) is 0 Å². The predicted octanol–water partition coefficient (Wildman–Crippen LogP) is 0.556. The van der Waals surface area contributed by atoms with Crippen molar-refractivity contribution in [2.24, 2.45) is 0 Å². The number of carbonyl (C=O) groups excluding carboxylic acids is 2. The molecule has 90 valence electrons. The number of amides is 2. The van der Waals surface area contributed by atoms with Gasteiger partial charge in [-0.15, -0.1) is 0 Å². The van der Waals surface area contributed by atoms with E-state index in [2.05, 4.69) is 5.32 Å². The zero-order valence-corrected chi connectivity index (χ0v) is 9.66. The van der Waals surface area contributed by atoms with E-state index in [0.29, 0.717) is 17.9 Å². The van der Waals surface area contributed by atoms with E-state index in [1.54, 1.807) is 6.07 Å². The summed E-state index contributed by atoms with van der Waals surface area (Å²) in [5.74, 6) is 0.102. The number of hydrogen-bond acceptors (Lipinski definition) is 4. The summed E-state index contributed by atoms with van der Waals surface area (Å²) in [6.45, 7) is 3.46. The normalized spacial score (nSPS) is 28.6. The predicted molar refractivity (Wildman–Crippen MR) is 59.5 cm³/mol. The van der Waals surface area contributed by atoms with E-state index >= 15 is 0 Å². The Morgan fingerprint density at radius 1 is 1.47 bits per heavy atom. The summed E-state index contributed by atoms with van der Waals surface area (Å²) in [6, 6.07) is 1.64. The summed E-state index contributed by atoms with van der Waals surface area (Å²) in [5, 5.41) is 3.20. The summed E-state index contributed by atoms with van der Waals surface area (Å²) >= 11 is 0. The fraction of sp³-hybridized carbons (Fsp3) is 0.500. The van der Waals surface area contributed by atoms with Gasteiger partial charge in [-0.3, -0.25) is 14.5 Å². The smallest absolute Gasteiger partial charge is 0.264 e. The first-order chi connectivity index (χ1) is 8.12. The molecule has 5 nitrogen and oxygen atoms in total. The molecule has 3 rings (SSSR count). The molecule has 2 amide bonds. The molecule has 0 spiro atoms. The van der Waals surface area contributed by atoms with Gasteiger partial charge in [-0.05, 0) is 26.0 Å². The average Bonchev–Trinajstić information content (AvgIpc) is 2.87. The molecule has 1 fully saturated rings. The first-order valence-electron chi connectivity index (χ1n) is 5.76. The topological polar surface area (TPSA) is 62.6 Å². The van der Waals surface area contributed by atoms with Crippen LogP contribution in [0.3, 0.4) is 0 Å². The van der Waals surface area contributed by atoms with Gasteiger partial charge in [0.1, 0.15) is 5.76 Å². The lowest BCUT2D eigenvalue weighted by Crippen LogP contribution is -2.56. The quantitative estimate of drug-likeness (QED) is 0.721. The summed E-state index contributed by atoms with van der Waals surface area (Å²) in [4.78, 5) is 25.8. The fourth-order valence-electron chi connectivity index (χ4n) is 2.66. The van der Waals surface area contributed by atoms with Crippen LogP contribution < -0.4 is 5.32 Å². The number of nitrogens with zero attached hydrogens (tertiary/aromatic N) is 1. The Hall–Kier alpha value is -1.62. The van der Waals surface area contributed by atoms with Gasteiger partial charge < -0.3 is 9.73 Å². The molecule has 0 radical (unpaired) electrons. The maximum atomic E-state index is 12.3. The summed E-state index contributed by atoms with van der Waals surface area (Å²) < 4.78 is 5.16. The third-order valence-electron chi connectivity index (χ3n) is 3.63.